The average molecular weight is 771 g/mol. The lowest BCUT2D eigenvalue weighted by molar-refractivity contribution is -0.389. The summed E-state index contributed by atoms with van der Waals surface area (Å²) in [6, 6.07) is 7.81. The Kier molecular flexibility index (Phi) is 9.45. The molecular formula is C26H11F13IN3O2. The normalized spacial score (nSPS) is 13.9. The lowest BCUT2D eigenvalue weighted by Crippen LogP contribution is -2.59. The molecule has 5 nitrogen and oxygen atoms in total. The Hall–Kier alpha value is -4.09. The molecule has 0 bridgehead atoms. The summed E-state index contributed by atoms with van der Waals surface area (Å²) in [6.07, 6.45) is -20.2. The monoisotopic (exact) mass is 771 g/mol. The van der Waals surface area contributed by atoms with Crippen LogP contribution in [0.25, 0.3) is 0 Å². The number of amides is 2. The molecule has 1 unspecified atom stereocenters. The van der Waals surface area contributed by atoms with E-state index in [-0.39, 0.29) is 11.1 Å². The van der Waals surface area contributed by atoms with Crippen molar-refractivity contribution in [3.05, 3.63) is 91.8 Å². The number of benzene rings is 3. The van der Waals surface area contributed by atoms with Crippen LogP contribution in [0, 0.1) is 20.7 Å². The molecule has 0 saturated heterocycles. The number of alkyl halides is 12. The van der Waals surface area contributed by atoms with Crippen molar-refractivity contribution < 1.29 is 66.7 Å². The van der Waals surface area contributed by atoms with Gasteiger partial charge in [0.05, 0.1) is 34.1 Å². The molecule has 240 valence electrons. The van der Waals surface area contributed by atoms with Crippen LogP contribution in [0.1, 0.15) is 37.4 Å². The molecule has 0 fully saturated rings. The fraction of sp³-hybridized carbons (Fsp3) is 0.192. The number of rotatable bonds is 6. The van der Waals surface area contributed by atoms with Crippen LogP contribution >= 0.6 is 22.6 Å². The second-order valence-corrected chi connectivity index (χ2v) is 10.0. The largest absolute Gasteiger partial charge is 0.457 e. The van der Waals surface area contributed by atoms with Crippen LogP contribution in [0.15, 0.2) is 54.6 Å². The highest BCUT2D eigenvalue weighted by Crippen LogP contribution is 2.59. The number of hydrogen-bond donors (Lipinski definition) is 2. The molecule has 0 aliphatic rings. The van der Waals surface area contributed by atoms with E-state index in [9.17, 15) is 62.3 Å². The second-order valence-electron chi connectivity index (χ2n) is 8.87. The number of nitrogens with one attached hydrogen (secondary N) is 2. The fourth-order valence-electron chi connectivity index (χ4n) is 3.75. The van der Waals surface area contributed by atoms with Gasteiger partial charge in [0, 0.05) is 14.7 Å². The van der Waals surface area contributed by atoms with Gasteiger partial charge in [0.2, 0.25) is 0 Å². The third-order valence-electron chi connectivity index (χ3n) is 5.98. The topological polar surface area (TPSA) is 82.0 Å². The second kappa shape index (κ2) is 12.0. The highest BCUT2D eigenvalue weighted by atomic mass is 127. The number of halogens is 14. The minimum Gasteiger partial charge on any atom is -0.320 e. The van der Waals surface area contributed by atoms with E-state index in [1.165, 1.54) is 29.6 Å². The zero-order chi connectivity index (χ0) is 34.3. The Morgan fingerprint density at radius 2 is 1.33 bits per heavy atom. The van der Waals surface area contributed by atoms with Gasteiger partial charge in [0.1, 0.15) is 0 Å². The first kappa shape index (κ1) is 35.4. The summed E-state index contributed by atoms with van der Waals surface area (Å²) >= 11 is 0.719. The lowest BCUT2D eigenvalue weighted by atomic mass is 9.86. The van der Waals surface area contributed by atoms with Gasteiger partial charge in [-0.15, -0.1) is 0 Å². The highest BCUT2D eigenvalue weighted by molar-refractivity contribution is 14.1. The van der Waals surface area contributed by atoms with E-state index in [1.54, 1.807) is 6.07 Å². The number of anilines is 2. The van der Waals surface area contributed by atoms with Gasteiger partial charge in [-0.3, -0.25) is 9.59 Å². The van der Waals surface area contributed by atoms with Crippen LogP contribution < -0.4 is 10.6 Å². The molecule has 2 N–H and O–H groups in total. The molecule has 0 aliphatic heterocycles. The summed E-state index contributed by atoms with van der Waals surface area (Å²) < 4.78 is 177. The van der Waals surface area contributed by atoms with Crippen molar-refractivity contribution in [2.24, 2.45) is 0 Å². The molecule has 3 rings (SSSR count). The van der Waals surface area contributed by atoms with Crippen LogP contribution in [-0.2, 0) is 11.8 Å². The molecule has 2 amide bonds. The minimum atomic E-state index is -7.28. The fourth-order valence-corrected chi connectivity index (χ4v) is 4.51. The maximum Gasteiger partial charge on any atom is 0.457 e. The Labute approximate surface area is 256 Å². The van der Waals surface area contributed by atoms with Crippen LogP contribution in [0.2, 0.25) is 0 Å². The Bertz CT molecular complexity index is 1680. The van der Waals surface area contributed by atoms with Crippen LogP contribution in [-0.4, -0.2) is 30.1 Å². The summed E-state index contributed by atoms with van der Waals surface area (Å²) in [5, 5.41) is 12.4. The van der Waals surface area contributed by atoms with Crippen molar-refractivity contribution in [1.29, 1.82) is 5.26 Å². The third-order valence-corrected chi connectivity index (χ3v) is 6.83. The van der Waals surface area contributed by atoms with Gasteiger partial charge in [-0.05, 0) is 71.1 Å². The molecule has 0 radical (unpaired) electrons. The minimum absolute atomic E-state index is 0.0911. The Balaban J connectivity index is 2.07. The van der Waals surface area contributed by atoms with Crippen LogP contribution in [0.5, 0.6) is 0 Å². The van der Waals surface area contributed by atoms with Gasteiger partial charge in [-0.25, -0.2) is 8.78 Å². The number of hydrogen-bond acceptors (Lipinski definition) is 3. The average Bonchev–Trinajstić information content (AvgIpc) is 2.92. The van der Waals surface area contributed by atoms with Gasteiger partial charge in [-0.2, -0.15) is 53.6 Å². The molecular weight excluding hydrogens is 760 g/mol. The van der Waals surface area contributed by atoms with Gasteiger partial charge in [0.15, 0.2) is 5.82 Å². The summed E-state index contributed by atoms with van der Waals surface area (Å²) in [5.74, 6) is -11.5. The van der Waals surface area contributed by atoms with Gasteiger partial charge >= 0.3 is 30.1 Å². The maximum atomic E-state index is 15.1. The van der Waals surface area contributed by atoms with E-state index in [0.717, 1.165) is 34.7 Å². The standard InChI is InChI=1S/C26H11F13IN3O2/c27-18-14(2-1-3-17(18)42-20(44)12-6-4-11(10-41)5-7-12)21(45)43-19-15(23(29,30)31)8-13(9-16(19)40)22(28,25(34,35)36)24(32,33)26(37,38)39/h1-9H,(H,42,44)(H,43,45). The predicted molar refractivity (Wildman–Crippen MR) is 137 cm³/mol. The van der Waals surface area contributed by atoms with Gasteiger partial charge in [-0.1, -0.05) is 6.07 Å². The lowest BCUT2D eigenvalue weighted by Gasteiger charge is -2.36. The van der Waals surface area contributed by atoms with E-state index in [0.29, 0.717) is 6.07 Å². The zero-order valence-corrected chi connectivity index (χ0v) is 23.4. The van der Waals surface area contributed by atoms with Gasteiger partial charge < -0.3 is 10.6 Å². The van der Waals surface area contributed by atoms with E-state index in [1.807, 2.05) is 0 Å². The van der Waals surface area contributed by atoms with Crippen molar-refractivity contribution in [2.75, 3.05) is 10.6 Å². The summed E-state index contributed by atoms with van der Waals surface area (Å²) in [7, 11) is 0. The van der Waals surface area contributed by atoms with Crippen molar-refractivity contribution in [3.8, 4) is 6.07 Å². The molecule has 3 aromatic rings. The number of carbonyl (C=O) groups excluding carboxylic acids is 2. The number of nitriles is 1. The van der Waals surface area contributed by atoms with Crippen molar-refractivity contribution in [3.63, 3.8) is 0 Å². The molecule has 3 aromatic carbocycles. The molecule has 0 aliphatic carbocycles. The van der Waals surface area contributed by atoms with E-state index in [4.69, 9.17) is 5.26 Å². The smallest absolute Gasteiger partial charge is 0.320 e. The first-order valence-electron chi connectivity index (χ1n) is 11.5. The van der Waals surface area contributed by atoms with Crippen LogP contribution in [0.3, 0.4) is 0 Å². The first-order valence-corrected chi connectivity index (χ1v) is 12.6. The molecule has 45 heavy (non-hydrogen) atoms. The summed E-state index contributed by atoms with van der Waals surface area (Å²) in [6.45, 7) is 0. The van der Waals surface area contributed by atoms with Crippen molar-refractivity contribution in [2.45, 2.75) is 30.1 Å². The van der Waals surface area contributed by atoms with E-state index in [2.05, 4.69) is 5.32 Å². The third kappa shape index (κ3) is 6.64. The van der Waals surface area contributed by atoms with Crippen molar-refractivity contribution >= 4 is 45.8 Å². The quantitative estimate of drug-likeness (QED) is 0.194. The SMILES string of the molecule is N#Cc1ccc(C(=O)Nc2cccc(C(=O)Nc3c(I)cc(C(F)(C(F)(F)F)C(F)(F)C(F)(F)F)cc3C(F)(F)F)c2F)cc1. The first-order chi connectivity index (χ1) is 20.5. The molecule has 1 atom stereocenters. The molecule has 19 heteroatoms. The van der Waals surface area contributed by atoms with Crippen LogP contribution in [0.4, 0.5) is 68.5 Å². The molecule has 0 saturated carbocycles. The number of nitrogens with zero attached hydrogens (tertiary/aromatic N) is 1. The maximum absolute atomic E-state index is 15.1. The Morgan fingerprint density at radius 3 is 1.82 bits per heavy atom. The molecule has 0 heterocycles. The number of carbonyl (C=O) groups is 2. The van der Waals surface area contributed by atoms with E-state index >= 15 is 4.39 Å². The highest BCUT2D eigenvalue weighted by Gasteiger charge is 2.82. The molecule has 0 aromatic heterocycles. The van der Waals surface area contributed by atoms with Crippen molar-refractivity contribution in [1.82, 2.24) is 0 Å². The Morgan fingerprint density at radius 1 is 0.756 bits per heavy atom. The predicted octanol–water partition coefficient (Wildman–Crippen LogP) is 8.75. The van der Waals surface area contributed by atoms with Gasteiger partial charge in [0.25, 0.3) is 11.8 Å². The summed E-state index contributed by atoms with van der Waals surface area (Å²) in [5.41, 5.74) is -15.2. The zero-order valence-electron chi connectivity index (χ0n) is 21.3. The van der Waals surface area contributed by atoms with E-state index < -0.39 is 91.5 Å². The summed E-state index contributed by atoms with van der Waals surface area (Å²) in [4.78, 5) is 25.2. The molecule has 0 spiro atoms.